The zero-order valence-corrected chi connectivity index (χ0v) is 24.6. The fourth-order valence-electron chi connectivity index (χ4n) is 6.48. The molecule has 2 saturated heterocycles. The molecule has 0 radical (unpaired) electrons. The maximum Gasteiger partial charge on any atom is 0.407 e. The molecule has 224 valence electrons. The summed E-state index contributed by atoms with van der Waals surface area (Å²) in [6.45, 7) is 5.42. The summed E-state index contributed by atoms with van der Waals surface area (Å²) in [4.78, 5) is 46.0. The molecule has 2 aromatic heterocycles. The molecule has 1 aliphatic carbocycles. The Morgan fingerprint density at radius 2 is 1.83 bits per heavy atom. The minimum atomic E-state index is -1.12. The minimum Gasteiger partial charge on any atom is -0.465 e. The number of morpholine rings is 1. The van der Waals surface area contributed by atoms with Crippen LogP contribution in [0.1, 0.15) is 57.6 Å². The predicted octanol–water partition coefficient (Wildman–Crippen LogP) is 3.82. The highest BCUT2D eigenvalue weighted by Gasteiger charge is 2.44. The molecule has 2 atom stereocenters. The summed E-state index contributed by atoms with van der Waals surface area (Å²) in [6, 6.07) is 8.44. The van der Waals surface area contributed by atoms with E-state index in [2.05, 4.69) is 4.98 Å². The molecular formula is C30H36ClN5O6. The van der Waals surface area contributed by atoms with Crippen molar-refractivity contribution in [2.75, 3.05) is 26.2 Å². The van der Waals surface area contributed by atoms with Crippen molar-refractivity contribution in [2.24, 2.45) is 5.41 Å². The van der Waals surface area contributed by atoms with Crippen LogP contribution < -0.4 is 5.56 Å². The van der Waals surface area contributed by atoms with E-state index in [4.69, 9.17) is 16.3 Å². The van der Waals surface area contributed by atoms with Crippen LogP contribution in [0.25, 0.3) is 16.7 Å². The lowest BCUT2D eigenvalue weighted by Crippen LogP contribution is -2.54. The number of carboxylic acid groups (broad SMARTS) is 1. The Morgan fingerprint density at radius 1 is 1.14 bits per heavy atom. The molecule has 3 fully saturated rings. The van der Waals surface area contributed by atoms with Gasteiger partial charge < -0.3 is 19.8 Å². The Labute approximate surface area is 248 Å². The SMILES string of the molecule is C[C@H]1CN(C(=O)O)[C@H](c2ccc(-n3c(Cl)cc4c(=O)n(CC5(O)CCN(C(=O)C6(C)CCC6)CC5)cnc43)cc2)CO1. The van der Waals surface area contributed by atoms with Gasteiger partial charge >= 0.3 is 6.09 Å². The van der Waals surface area contributed by atoms with Crippen LogP contribution in [0, 0.1) is 5.41 Å². The third-order valence-electron chi connectivity index (χ3n) is 9.31. The van der Waals surface area contributed by atoms with Crippen LogP contribution in [-0.4, -0.2) is 84.1 Å². The molecule has 6 rings (SSSR count). The first-order valence-electron chi connectivity index (χ1n) is 14.5. The van der Waals surface area contributed by atoms with Crippen LogP contribution in [0.3, 0.4) is 0 Å². The molecule has 4 heterocycles. The summed E-state index contributed by atoms with van der Waals surface area (Å²) in [5, 5.41) is 21.6. The Morgan fingerprint density at radius 3 is 2.45 bits per heavy atom. The van der Waals surface area contributed by atoms with Crippen molar-refractivity contribution in [3.63, 3.8) is 0 Å². The lowest BCUT2D eigenvalue weighted by atomic mass is 9.69. The average Bonchev–Trinajstić information content (AvgIpc) is 3.30. The van der Waals surface area contributed by atoms with Crippen molar-refractivity contribution in [1.29, 1.82) is 0 Å². The number of hydrogen-bond acceptors (Lipinski definition) is 6. The molecule has 0 spiro atoms. The van der Waals surface area contributed by atoms with Crippen molar-refractivity contribution >= 4 is 34.6 Å². The van der Waals surface area contributed by atoms with Crippen molar-refractivity contribution in [1.82, 2.24) is 23.9 Å². The number of rotatable bonds is 5. The molecule has 0 bridgehead atoms. The normalized spacial score (nSPS) is 23.5. The van der Waals surface area contributed by atoms with Crippen LogP contribution in [0.4, 0.5) is 4.79 Å². The Hall–Kier alpha value is -3.41. The highest BCUT2D eigenvalue weighted by Crippen LogP contribution is 2.42. The van der Waals surface area contributed by atoms with Crippen molar-refractivity contribution in [3.8, 4) is 5.69 Å². The number of aromatic nitrogens is 3. The maximum atomic E-state index is 13.5. The largest absolute Gasteiger partial charge is 0.465 e. The van der Waals surface area contributed by atoms with Gasteiger partial charge in [-0.15, -0.1) is 0 Å². The van der Waals surface area contributed by atoms with Gasteiger partial charge in [0.05, 0.1) is 42.8 Å². The lowest BCUT2D eigenvalue weighted by Gasteiger charge is -2.45. The number of hydrogen-bond donors (Lipinski definition) is 2. The first kappa shape index (κ1) is 28.7. The van der Waals surface area contributed by atoms with Gasteiger partial charge in [0.25, 0.3) is 5.56 Å². The van der Waals surface area contributed by atoms with Gasteiger partial charge in [0, 0.05) is 24.2 Å². The number of piperidine rings is 1. The van der Waals surface area contributed by atoms with Gasteiger partial charge in [-0.2, -0.15) is 0 Å². The van der Waals surface area contributed by atoms with Gasteiger partial charge in [0.2, 0.25) is 5.91 Å². The lowest BCUT2D eigenvalue weighted by molar-refractivity contribution is -0.150. The number of halogens is 1. The molecular weight excluding hydrogens is 562 g/mol. The summed E-state index contributed by atoms with van der Waals surface area (Å²) in [6.07, 6.45) is 3.95. The monoisotopic (exact) mass is 597 g/mol. The van der Waals surface area contributed by atoms with Gasteiger partial charge in [0.1, 0.15) is 11.5 Å². The Balaban J connectivity index is 1.20. The Kier molecular flexibility index (Phi) is 7.31. The standard InChI is InChI=1S/C30H36ClN5O6/c1-19-15-35(28(39)40)23(16-42-19)20-4-6-21(7-5-20)36-24(31)14-22-25(36)32-18-34(26(22)37)17-30(41)10-12-33(13-11-30)27(38)29(2)8-3-9-29/h4-7,14,18-19,23,41H,3,8-13,15-17H2,1-2H3,(H,39,40)/t19-,23-/m0/s1. The van der Waals surface area contributed by atoms with E-state index in [0.29, 0.717) is 47.8 Å². The van der Waals surface area contributed by atoms with Gasteiger partial charge in [-0.1, -0.05) is 37.1 Å². The number of amides is 2. The summed E-state index contributed by atoms with van der Waals surface area (Å²) in [5.74, 6) is 0.168. The molecule has 11 nitrogen and oxygen atoms in total. The molecule has 1 aromatic carbocycles. The zero-order chi connectivity index (χ0) is 29.8. The summed E-state index contributed by atoms with van der Waals surface area (Å²) < 4.78 is 8.80. The van der Waals surface area contributed by atoms with Gasteiger partial charge in [-0.25, -0.2) is 9.78 Å². The zero-order valence-electron chi connectivity index (χ0n) is 23.8. The minimum absolute atomic E-state index is 0.0771. The van der Waals surface area contributed by atoms with Gasteiger partial charge in [-0.05, 0) is 56.4 Å². The maximum absolute atomic E-state index is 13.5. The molecule has 42 heavy (non-hydrogen) atoms. The van der Waals surface area contributed by atoms with Crippen LogP contribution in [-0.2, 0) is 16.1 Å². The Bertz CT molecular complexity index is 1570. The predicted molar refractivity (Wildman–Crippen MR) is 156 cm³/mol. The van der Waals surface area contributed by atoms with Crippen molar-refractivity contribution in [3.05, 3.63) is 57.7 Å². The number of likely N-dealkylation sites (tertiary alicyclic amines) is 1. The van der Waals surface area contributed by atoms with E-state index in [1.165, 1.54) is 15.8 Å². The smallest absolute Gasteiger partial charge is 0.407 e. The second kappa shape index (κ2) is 10.7. The molecule has 2 N–H and O–H groups in total. The fourth-order valence-corrected chi connectivity index (χ4v) is 6.77. The number of carbonyl (C=O) groups is 2. The first-order valence-corrected chi connectivity index (χ1v) is 14.9. The molecule has 1 saturated carbocycles. The summed E-state index contributed by atoms with van der Waals surface area (Å²) in [5.41, 5.74) is 0.151. The highest BCUT2D eigenvalue weighted by atomic mass is 35.5. The van der Waals surface area contributed by atoms with E-state index in [1.807, 2.05) is 43.0 Å². The van der Waals surface area contributed by atoms with E-state index in [9.17, 15) is 24.6 Å². The molecule has 12 heteroatoms. The molecule has 0 unspecified atom stereocenters. The van der Waals surface area contributed by atoms with Crippen LogP contribution >= 0.6 is 11.6 Å². The molecule has 3 aromatic rings. The number of fused-ring (bicyclic) bond motifs is 1. The summed E-state index contributed by atoms with van der Waals surface area (Å²) >= 11 is 6.60. The average molecular weight is 598 g/mol. The third kappa shape index (κ3) is 5.07. The van der Waals surface area contributed by atoms with E-state index in [1.54, 1.807) is 10.6 Å². The number of carbonyl (C=O) groups excluding carboxylic acids is 1. The first-order chi connectivity index (χ1) is 20.0. The second-order valence-electron chi connectivity index (χ2n) is 12.3. The van der Waals surface area contributed by atoms with Gasteiger partial charge in [-0.3, -0.25) is 23.6 Å². The fraction of sp³-hybridized carbons (Fsp3) is 0.533. The van der Waals surface area contributed by atoms with Crippen LogP contribution in [0.15, 0.2) is 41.5 Å². The van der Waals surface area contributed by atoms with E-state index in [0.717, 1.165) is 24.8 Å². The number of aliphatic hydroxyl groups is 1. The van der Waals surface area contributed by atoms with Crippen LogP contribution in [0.2, 0.25) is 5.15 Å². The topological polar surface area (TPSA) is 130 Å². The quantitative estimate of drug-likeness (QED) is 0.457. The van der Waals surface area contributed by atoms with E-state index in [-0.39, 0.29) is 42.7 Å². The van der Waals surface area contributed by atoms with Crippen LogP contribution in [0.5, 0.6) is 0 Å². The van der Waals surface area contributed by atoms with Gasteiger partial charge in [0.15, 0.2) is 5.65 Å². The molecule has 3 aliphatic rings. The number of nitrogens with zero attached hydrogens (tertiary/aromatic N) is 5. The van der Waals surface area contributed by atoms with E-state index < -0.39 is 17.7 Å². The van der Waals surface area contributed by atoms with Crippen molar-refractivity contribution in [2.45, 2.75) is 70.2 Å². The second-order valence-corrected chi connectivity index (χ2v) is 12.7. The van der Waals surface area contributed by atoms with Crippen molar-refractivity contribution < 1.29 is 24.5 Å². The molecule has 2 amide bonds. The molecule has 2 aliphatic heterocycles. The number of ether oxygens (including phenoxy) is 1. The number of benzene rings is 1. The summed E-state index contributed by atoms with van der Waals surface area (Å²) in [7, 11) is 0. The highest BCUT2D eigenvalue weighted by molar-refractivity contribution is 6.31. The third-order valence-corrected chi connectivity index (χ3v) is 9.59. The van der Waals surface area contributed by atoms with E-state index >= 15 is 0 Å².